The number of allylic oxidation sites excluding steroid dienone is 4. The number of alkyl halides is 1. The Morgan fingerprint density at radius 3 is 2.23 bits per heavy atom. The number of ketones is 1. The molecule has 0 saturated heterocycles. The van der Waals surface area contributed by atoms with Gasteiger partial charge in [0.05, 0.1) is 5.33 Å². The number of rotatable bonds is 4. The summed E-state index contributed by atoms with van der Waals surface area (Å²) >= 11 is 3.12. The van der Waals surface area contributed by atoms with E-state index in [-0.39, 0.29) is 5.78 Å². The highest BCUT2D eigenvalue weighted by Crippen LogP contribution is 2.01. The third kappa shape index (κ3) is 7.97. The minimum absolute atomic E-state index is 0.136. The summed E-state index contributed by atoms with van der Waals surface area (Å²) in [6.07, 6.45) is 6.64. The van der Waals surface area contributed by atoms with Gasteiger partial charge < -0.3 is 0 Å². The summed E-state index contributed by atoms with van der Waals surface area (Å²) in [6.45, 7) is 7.91. The lowest BCUT2D eigenvalue weighted by atomic mass is 10.1. The fourth-order valence-electron chi connectivity index (χ4n) is 0.672. The molecule has 0 unspecified atom stereocenters. The minimum atomic E-state index is 0.136. The van der Waals surface area contributed by atoms with Crippen molar-refractivity contribution < 1.29 is 4.79 Å². The molecule has 0 aliphatic rings. The number of carbonyl (C=O) groups excluding carboxylic acids is 1. The maximum atomic E-state index is 11.1. The zero-order valence-corrected chi connectivity index (χ0v) is 10.5. The van der Waals surface area contributed by atoms with Crippen LogP contribution in [0.3, 0.4) is 0 Å². The van der Waals surface area contributed by atoms with E-state index in [4.69, 9.17) is 0 Å². The van der Waals surface area contributed by atoms with Crippen molar-refractivity contribution in [3.63, 3.8) is 0 Å². The highest BCUT2D eigenvalue weighted by Gasteiger charge is 2.00. The second-order valence-corrected chi connectivity index (χ2v) is 2.67. The molecule has 2 heteroatoms. The Hall–Kier alpha value is -0.370. The van der Waals surface area contributed by atoms with E-state index in [2.05, 4.69) is 15.9 Å². The molecular weight excluding hydrogens is 228 g/mol. The van der Waals surface area contributed by atoms with Crippen LogP contribution >= 0.6 is 15.9 Å². The van der Waals surface area contributed by atoms with Gasteiger partial charge in [0, 0.05) is 5.57 Å². The second kappa shape index (κ2) is 11.6. The largest absolute Gasteiger partial charge is 0.293 e. The maximum absolute atomic E-state index is 11.1. The van der Waals surface area contributed by atoms with Crippen molar-refractivity contribution in [3.05, 3.63) is 23.8 Å². The molecule has 0 amide bonds. The normalized spacial score (nSPS) is 11.0. The Morgan fingerprint density at radius 2 is 1.92 bits per heavy atom. The molecular formula is C11H19BrO. The van der Waals surface area contributed by atoms with E-state index < -0.39 is 0 Å². The van der Waals surface area contributed by atoms with Crippen molar-refractivity contribution in [2.24, 2.45) is 0 Å². The molecule has 76 valence electrons. The summed E-state index contributed by atoms with van der Waals surface area (Å²) in [5.74, 6) is 0.136. The Kier molecular flexibility index (Phi) is 13.5. The molecule has 0 radical (unpaired) electrons. The number of hydrogen-bond acceptors (Lipinski definition) is 1. The zero-order valence-electron chi connectivity index (χ0n) is 8.93. The van der Waals surface area contributed by atoms with Crippen LogP contribution in [0.4, 0.5) is 0 Å². The third-order valence-corrected chi connectivity index (χ3v) is 1.80. The lowest BCUT2D eigenvalue weighted by Gasteiger charge is -1.94. The van der Waals surface area contributed by atoms with Gasteiger partial charge >= 0.3 is 0 Å². The number of Topliss-reactive ketones (excluding diaryl/α,β-unsaturated/α-hetero) is 1. The molecule has 1 nitrogen and oxygen atoms in total. The van der Waals surface area contributed by atoms with Gasteiger partial charge in [-0.2, -0.15) is 0 Å². The van der Waals surface area contributed by atoms with Gasteiger partial charge in [0.15, 0.2) is 5.78 Å². The van der Waals surface area contributed by atoms with Crippen molar-refractivity contribution in [3.8, 4) is 0 Å². The van der Waals surface area contributed by atoms with Crippen LogP contribution in [0.2, 0.25) is 0 Å². The molecule has 0 saturated carbocycles. The summed E-state index contributed by atoms with van der Waals surface area (Å²) in [5.41, 5.74) is 0.781. The SMILES string of the molecule is C/C=C(\C=C/CC)C(=O)CBr.CC. The van der Waals surface area contributed by atoms with Crippen LogP contribution in [0.5, 0.6) is 0 Å². The molecule has 0 aliphatic heterocycles. The van der Waals surface area contributed by atoms with Crippen molar-refractivity contribution >= 4 is 21.7 Å². The molecule has 0 rings (SSSR count). The summed E-state index contributed by atoms with van der Waals surface area (Å²) in [6, 6.07) is 0. The van der Waals surface area contributed by atoms with Gasteiger partial charge in [-0.1, -0.05) is 54.9 Å². The molecule has 0 fully saturated rings. The van der Waals surface area contributed by atoms with E-state index in [9.17, 15) is 4.79 Å². The van der Waals surface area contributed by atoms with Gasteiger partial charge in [-0.3, -0.25) is 4.79 Å². The van der Waals surface area contributed by atoms with Crippen LogP contribution in [0, 0.1) is 0 Å². The first-order chi connectivity index (χ1) is 6.26. The first kappa shape index (κ1) is 15.1. The Labute approximate surface area is 90.0 Å². The van der Waals surface area contributed by atoms with E-state index >= 15 is 0 Å². The highest BCUT2D eigenvalue weighted by atomic mass is 79.9. The van der Waals surface area contributed by atoms with Crippen LogP contribution in [-0.4, -0.2) is 11.1 Å². The lowest BCUT2D eigenvalue weighted by molar-refractivity contribution is -0.112. The third-order valence-electron chi connectivity index (χ3n) is 1.29. The average Bonchev–Trinajstić information content (AvgIpc) is 2.21. The first-order valence-electron chi connectivity index (χ1n) is 4.68. The van der Waals surface area contributed by atoms with Crippen LogP contribution in [0.25, 0.3) is 0 Å². The zero-order chi connectivity index (χ0) is 10.7. The Bertz CT molecular complexity index is 181. The maximum Gasteiger partial charge on any atom is 0.173 e. The van der Waals surface area contributed by atoms with E-state index in [0.29, 0.717) is 5.33 Å². The smallest absolute Gasteiger partial charge is 0.173 e. The predicted octanol–water partition coefficient (Wildman–Crippen LogP) is 3.89. The highest BCUT2D eigenvalue weighted by molar-refractivity contribution is 9.09. The molecule has 0 aliphatic carbocycles. The molecule has 13 heavy (non-hydrogen) atoms. The predicted molar refractivity (Wildman–Crippen MR) is 63.3 cm³/mol. The lowest BCUT2D eigenvalue weighted by Crippen LogP contribution is -2.00. The van der Waals surface area contributed by atoms with Gasteiger partial charge in [0.1, 0.15) is 0 Å². The molecule has 0 aromatic carbocycles. The van der Waals surface area contributed by atoms with E-state index in [1.807, 2.05) is 45.9 Å². The van der Waals surface area contributed by atoms with Crippen molar-refractivity contribution in [1.29, 1.82) is 0 Å². The van der Waals surface area contributed by atoms with E-state index in [1.165, 1.54) is 0 Å². The van der Waals surface area contributed by atoms with Crippen molar-refractivity contribution in [2.75, 3.05) is 5.33 Å². The number of carbonyl (C=O) groups is 1. The van der Waals surface area contributed by atoms with Gasteiger partial charge in [-0.15, -0.1) is 0 Å². The molecule has 0 aromatic heterocycles. The fourth-order valence-corrected chi connectivity index (χ4v) is 0.996. The van der Waals surface area contributed by atoms with Gasteiger partial charge in [0.25, 0.3) is 0 Å². The van der Waals surface area contributed by atoms with E-state index in [1.54, 1.807) is 0 Å². The van der Waals surface area contributed by atoms with Gasteiger partial charge in [-0.25, -0.2) is 0 Å². The molecule has 0 aromatic rings. The summed E-state index contributed by atoms with van der Waals surface area (Å²) in [5, 5.41) is 0.403. The molecule has 0 bridgehead atoms. The summed E-state index contributed by atoms with van der Waals surface area (Å²) in [7, 11) is 0. The average molecular weight is 247 g/mol. The number of hydrogen-bond donors (Lipinski definition) is 0. The fraction of sp³-hybridized carbons (Fsp3) is 0.545. The monoisotopic (exact) mass is 246 g/mol. The second-order valence-electron chi connectivity index (χ2n) is 2.11. The van der Waals surface area contributed by atoms with Crippen LogP contribution in [-0.2, 0) is 4.79 Å². The topological polar surface area (TPSA) is 17.1 Å². The molecule has 0 N–H and O–H groups in total. The quantitative estimate of drug-likeness (QED) is 0.418. The Morgan fingerprint density at radius 1 is 1.38 bits per heavy atom. The summed E-state index contributed by atoms with van der Waals surface area (Å²) in [4.78, 5) is 11.1. The van der Waals surface area contributed by atoms with Crippen molar-refractivity contribution in [1.82, 2.24) is 0 Å². The number of halogens is 1. The Balaban J connectivity index is 0. The summed E-state index contributed by atoms with van der Waals surface area (Å²) < 4.78 is 0. The van der Waals surface area contributed by atoms with Gasteiger partial charge in [-0.05, 0) is 13.3 Å². The van der Waals surface area contributed by atoms with Crippen LogP contribution < -0.4 is 0 Å². The van der Waals surface area contributed by atoms with Crippen molar-refractivity contribution in [2.45, 2.75) is 34.1 Å². The molecule has 0 atom stereocenters. The van der Waals surface area contributed by atoms with E-state index in [0.717, 1.165) is 12.0 Å². The molecule has 0 spiro atoms. The van der Waals surface area contributed by atoms with Crippen LogP contribution in [0.1, 0.15) is 34.1 Å². The minimum Gasteiger partial charge on any atom is -0.293 e. The molecule has 0 heterocycles. The van der Waals surface area contributed by atoms with Crippen LogP contribution in [0.15, 0.2) is 23.8 Å². The standard InChI is InChI=1S/C9H13BrO.C2H6/c1-3-5-6-8(4-2)9(11)7-10;1-2/h4-6H,3,7H2,1-2H3;1-2H3/b6-5-,8-4+;. The first-order valence-corrected chi connectivity index (χ1v) is 5.80. The van der Waals surface area contributed by atoms with Gasteiger partial charge in [0.2, 0.25) is 0 Å².